The van der Waals surface area contributed by atoms with Crippen molar-refractivity contribution >= 4 is 11.6 Å². The van der Waals surface area contributed by atoms with Gasteiger partial charge in [0.25, 0.3) is 11.8 Å². The molecule has 7 nitrogen and oxygen atoms in total. The summed E-state index contributed by atoms with van der Waals surface area (Å²) in [6, 6.07) is 7.74. The molecule has 1 aliphatic rings. The Kier molecular flexibility index (Phi) is 4.96. The molecule has 1 aromatic carbocycles. The van der Waals surface area contributed by atoms with Crippen molar-refractivity contribution in [3.8, 4) is 22.8 Å². The van der Waals surface area contributed by atoms with E-state index in [-0.39, 0.29) is 5.91 Å². The van der Waals surface area contributed by atoms with Crippen LogP contribution in [-0.2, 0) is 13.1 Å². The number of anilines is 1. The van der Waals surface area contributed by atoms with E-state index in [9.17, 15) is 4.79 Å². The Labute approximate surface area is 169 Å². The fraction of sp³-hybridized carbons (Fsp3) is 0.318. The zero-order valence-corrected chi connectivity index (χ0v) is 17.0. The number of amides is 1. The lowest BCUT2D eigenvalue weighted by molar-refractivity contribution is 0.0996. The zero-order chi connectivity index (χ0) is 20.5. The van der Waals surface area contributed by atoms with E-state index < -0.39 is 0 Å². The van der Waals surface area contributed by atoms with Crippen molar-refractivity contribution in [2.24, 2.45) is 5.92 Å². The summed E-state index contributed by atoms with van der Waals surface area (Å²) < 4.78 is 12.4. The number of hydrogen-bond donors (Lipinski definition) is 0. The van der Waals surface area contributed by atoms with Crippen LogP contribution in [0.3, 0.4) is 0 Å². The molecule has 0 spiro atoms. The van der Waals surface area contributed by atoms with Gasteiger partial charge >= 0.3 is 0 Å². The molecule has 3 aromatic rings. The van der Waals surface area contributed by atoms with Gasteiger partial charge in [-0.3, -0.25) is 9.48 Å². The number of ether oxygens (including phenoxy) is 2. The maximum absolute atomic E-state index is 12.9. The van der Waals surface area contributed by atoms with Crippen LogP contribution in [0.15, 0.2) is 42.9 Å². The lowest BCUT2D eigenvalue weighted by atomic mass is 10.0. The fourth-order valence-corrected chi connectivity index (χ4v) is 3.56. The molecule has 150 valence electrons. The Morgan fingerprint density at radius 1 is 1.10 bits per heavy atom. The summed E-state index contributed by atoms with van der Waals surface area (Å²) in [5.74, 6) is 1.51. The number of methoxy groups -OCH3 is 2. The predicted octanol–water partition coefficient (Wildman–Crippen LogP) is 3.78. The van der Waals surface area contributed by atoms with Gasteiger partial charge in [-0.1, -0.05) is 19.9 Å². The second-order valence-corrected chi connectivity index (χ2v) is 7.51. The third-order valence-electron chi connectivity index (χ3n) is 4.96. The highest BCUT2D eigenvalue weighted by Gasteiger charge is 2.29. The normalized spacial score (nSPS) is 13.1. The second-order valence-electron chi connectivity index (χ2n) is 7.51. The maximum atomic E-state index is 12.9. The Balaban J connectivity index is 1.61. The molecular weight excluding hydrogens is 368 g/mol. The molecule has 0 unspecified atom stereocenters. The van der Waals surface area contributed by atoms with Crippen LogP contribution in [0, 0.1) is 5.92 Å². The van der Waals surface area contributed by atoms with Crippen LogP contribution in [-0.4, -0.2) is 34.9 Å². The van der Waals surface area contributed by atoms with Crippen LogP contribution in [0.5, 0.6) is 11.6 Å². The SMILES string of the molecule is COc1cc(-c2ccc3c(c2)CN(c2cnn(CC(C)C)c2)C3=O)cnc1OC. The van der Waals surface area contributed by atoms with Gasteiger partial charge in [0, 0.05) is 30.1 Å². The van der Waals surface area contributed by atoms with Gasteiger partial charge in [-0.05, 0) is 35.2 Å². The summed E-state index contributed by atoms with van der Waals surface area (Å²) in [5, 5.41) is 4.39. The third-order valence-corrected chi connectivity index (χ3v) is 4.96. The smallest absolute Gasteiger partial charge is 0.259 e. The first-order valence-corrected chi connectivity index (χ1v) is 9.55. The second kappa shape index (κ2) is 7.58. The Morgan fingerprint density at radius 3 is 2.66 bits per heavy atom. The standard InChI is InChI=1S/C22H24N4O3/c1-14(2)11-25-13-18(10-24-25)26-12-17-7-15(5-6-19(17)22(26)27)16-8-20(28-3)21(29-4)23-9-16/h5-10,13-14H,11-12H2,1-4H3. The van der Waals surface area contributed by atoms with E-state index in [1.54, 1.807) is 31.5 Å². The van der Waals surface area contributed by atoms with Crippen molar-refractivity contribution < 1.29 is 14.3 Å². The first-order chi connectivity index (χ1) is 14.0. The first kappa shape index (κ1) is 19.0. The van der Waals surface area contributed by atoms with Crippen molar-refractivity contribution in [2.45, 2.75) is 26.9 Å². The number of carbonyl (C=O) groups is 1. The molecule has 7 heteroatoms. The molecule has 0 fully saturated rings. The number of hydrogen-bond acceptors (Lipinski definition) is 5. The molecule has 3 heterocycles. The summed E-state index contributed by atoms with van der Waals surface area (Å²) >= 11 is 0. The van der Waals surface area contributed by atoms with Crippen LogP contribution in [0.4, 0.5) is 5.69 Å². The van der Waals surface area contributed by atoms with Gasteiger partial charge in [0.1, 0.15) is 0 Å². The van der Waals surface area contributed by atoms with Crippen molar-refractivity contribution in [2.75, 3.05) is 19.1 Å². The highest BCUT2D eigenvalue weighted by atomic mass is 16.5. The summed E-state index contributed by atoms with van der Waals surface area (Å²) in [6.45, 7) is 5.63. The molecule has 0 aliphatic carbocycles. The molecule has 2 aromatic heterocycles. The minimum atomic E-state index is 0.00100. The largest absolute Gasteiger partial charge is 0.491 e. The molecule has 1 aliphatic heterocycles. The van der Waals surface area contributed by atoms with E-state index in [1.807, 2.05) is 35.1 Å². The fourth-order valence-electron chi connectivity index (χ4n) is 3.56. The van der Waals surface area contributed by atoms with E-state index in [0.717, 1.165) is 34.5 Å². The van der Waals surface area contributed by atoms with Crippen LogP contribution >= 0.6 is 0 Å². The van der Waals surface area contributed by atoms with Crippen molar-refractivity contribution in [1.29, 1.82) is 0 Å². The number of benzene rings is 1. The van der Waals surface area contributed by atoms with Crippen molar-refractivity contribution in [3.63, 3.8) is 0 Å². The third kappa shape index (κ3) is 3.55. The quantitative estimate of drug-likeness (QED) is 0.639. The van der Waals surface area contributed by atoms with Crippen molar-refractivity contribution in [1.82, 2.24) is 14.8 Å². The lowest BCUT2D eigenvalue weighted by Crippen LogP contribution is -2.22. The Hall–Kier alpha value is -3.35. The molecule has 1 amide bonds. The molecule has 0 radical (unpaired) electrons. The summed E-state index contributed by atoms with van der Waals surface area (Å²) in [7, 11) is 3.14. The monoisotopic (exact) mass is 392 g/mol. The maximum Gasteiger partial charge on any atom is 0.259 e. The van der Waals surface area contributed by atoms with Crippen LogP contribution in [0.1, 0.15) is 29.8 Å². The molecule has 0 bridgehead atoms. The molecule has 0 saturated carbocycles. The summed E-state index contributed by atoms with van der Waals surface area (Å²) in [5.41, 5.74) is 4.40. The molecule has 29 heavy (non-hydrogen) atoms. The van der Waals surface area contributed by atoms with Crippen LogP contribution in [0.2, 0.25) is 0 Å². The summed E-state index contributed by atoms with van der Waals surface area (Å²) in [6.07, 6.45) is 5.43. The van der Waals surface area contributed by atoms with E-state index in [0.29, 0.717) is 24.1 Å². The predicted molar refractivity (Wildman–Crippen MR) is 110 cm³/mol. The van der Waals surface area contributed by atoms with Gasteiger partial charge in [-0.25, -0.2) is 4.98 Å². The number of nitrogens with zero attached hydrogens (tertiary/aromatic N) is 4. The Bertz CT molecular complexity index is 1060. The average molecular weight is 392 g/mol. The van der Waals surface area contributed by atoms with Crippen LogP contribution < -0.4 is 14.4 Å². The minimum Gasteiger partial charge on any atom is -0.491 e. The highest BCUT2D eigenvalue weighted by molar-refractivity contribution is 6.10. The van der Waals surface area contributed by atoms with E-state index in [1.165, 1.54) is 0 Å². The Morgan fingerprint density at radius 2 is 1.93 bits per heavy atom. The van der Waals surface area contributed by atoms with Gasteiger partial charge in [0.2, 0.25) is 0 Å². The van der Waals surface area contributed by atoms with Crippen LogP contribution in [0.25, 0.3) is 11.1 Å². The van der Waals surface area contributed by atoms with Gasteiger partial charge in [0.15, 0.2) is 5.75 Å². The van der Waals surface area contributed by atoms with Gasteiger partial charge < -0.3 is 14.4 Å². The lowest BCUT2D eigenvalue weighted by Gasteiger charge is -2.12. The van der Waals surface area contributed by atoms with E-state index in [4.69, 9.17) is 9.47 Å². The van der Waals surface area contributed by atoms with Crippen molar-refractivity contribution in [3.05, 3.63) is 54.0 Å². The minimum absolute atomic E-state index is 0.00100. The topological polar surface area (TPSA) is 69.5 Å². The van der Waals surface area contributed by atoms with E-state index >= 15 is 0 Å². The first-order valence-electron chi connectivity index (χ1n) is 9.55. The number of aromatic nitrogens is 3. The number of carbonyl (C=O) groups excluding carboxylic acids is 1. The molecule has 0 atom stereocenters. The number of rotatable bonds is 6. The number of pyridine rings is 1. The molecule has 0 saturated heterocycles. The molecular formula is C22H24N4O3. The van der Waals surface area contributed by atoms with Gasteiger partial charge in [-0.2, -0.15) is 5.10 Å². The number of fused-ring (bicyclic) bond motifs is 1. The molecule has 4 rings (SSSR count). The van der Waals surface area contributed by atoms with Gasteiger partial charge in [-0.15, -0.1) is 0 Å². The zero-order valence-electron chi connectivity index (χ0n) is 17.0. The summed E-state index contributed by atoms with van der Waals surface area (Å²) in [4.78, 5) is 19.0. The van der Waals surface area contributed by atoms with E-state index in [2.05, 4.69) is 23.9 Å². The van der Waals surface area contributed by atoms with Gasteiger partial charge in [0.05, 0.1) is 32.6 Å². The highest BCUT2D eigenvalue weighted by Crippen LogP contribution is 2.34. The average Bonchev–Trinajstić information content (AvgIpc) is 3.30. The molecule has 0 N–H and O–H groups in total.